The van der Waals surface area contributed by atoms with Gasteiger partial charge in [-0.1, -0.05) is 41.9 Å². The molecule has 5 nitrogen and oxygen atoms in total. The zero-order valence-electron chi connectivity index (χ0n) is 16.4. The van der Waals surface area contributed by atoms with Gasteiger partial charge in [0.05, 0.1) is 13.0 Å². The number of nitrogens with zero attached hydrogens (tertiary/aromatic N) is 2. The Balaban J connectivity index is 1.47. The zero-order chi connectivity index (χ0) is 20.1. The summed E-state index contributed by atoms with van der Waals surface area (Å²) in [6, 6.07) is 13.3. The first-order chi connectivity index (χ1) is 13.4. The van der Waals surface area contributed by atoms with Crippen molar-refractivity contribution < 1.29 is 9.59 Å². The summed E-state index contributed by atoms with van der Waals surface area (Å²) in [5.74, 6) is 0.0529. The number of carbonyl (C=O) groups excluding carboxylic acids is 2. The molecule has 3 rings (SSSR count). The fourth-order valence-electron chi connectivity index (χ4n) is 3.35. The summed E-state index contributed by atoms with van der Waals surface area (Å²) in [6.45, 7) is 7.00. The first-order valence-electron chi connectivity index (χ1n) is 9.53. The van der Waals surface area contributed by atoms with E-state index >= 15 is 0 Å². The van der Waals surface area contributed by atoms with Gasteiger partial charge in [0.2, 0.25) is 11.8 Å². The maximum atomic E-state index is 12.5. The number of halogens is 1. The number of hydrogen-bond donors (Lipinski definition) is 1. The summed E-state index contributed by atoms with van der Waals surface area (Å²) >= 11 is 6.15. The van der Waals surface area contributed by atoms with Crippen LogP contribution in [0.1, 0.15) is 16.7 Å². The first kappa shape index (κ1) is 20.4. The molecule has 2 amide bonds. The molecule has 28 heavy (non-hydrogen) atoms. The maximum Gasteiger partial charge on any atom is 0.238 e. The number of hydrogen-bond acceptors (Lipinski definition) is 3. The molecule has 1 saturated heterocycles. The highest BCUT2D eigenvalue weighted by Crippen LogP contribution is 2.18. The Hall–Kier alpha value is -2.37. The Morgan fingerprint density at radius 2 is 1.71 bits per heavy atom. The molecule has 1 heterocycles. The predicted octanol–water partition coefficient (Wildman–Crippen LogP) is 3.28. The van der Waals surface area contributed by atoms with Gasteiger partial charge in [-0.2, -0.15) is 0 Å². The van der Waals surface area contributed by atoms with Crippen molar-refractivity contribution in [3.63, 3.8) is 0 Å². The first-order valence-corrected chi connectivity index (χ1v) is 9.91. The van der Waals surface area contributed by atoms with Crippen molar-refractivity contribution in [2.75, 3.05) is 38.0 Å². The number of benzene rings is 2. The lowest BCUT2D eigenvalue weighted by atomic mass is 10.1. The number of nitrogens with one attached hydrogen (secondary N) is 1. The van der Waals surface area contributed by atoms with Crippen molar-refractivity contribution >= 4 is 29.1 Å². The molecule has 1 aliphatic heterocycles. The molecule has 1 fully saturated rings. The minimum absolute atomic E-state index is 0.0236. The molecule has 0 atom stereocenters. The number of piperazine rings is 1. The van der Waals surface area contributed by atoms with Crippen molar-refractivity contribution in [3.05, 3.63) is 64.2 Å². The van der Waals surface area contributed by atoms with Crippen LogP contribution in [-0.2, 0) is 16.0 Å². The van der Waals surface area contributed by atoms with Crippen LogP contribution in [-0.4, -0.2) is 54.3 Å². The Morgan fingerprint density at radius 1 is 1.00 bits per heavy atom. The molecule has 2 aromatic rings. The standard InChI is InChI=1S/C22H26ClN3O2/c1-16-6-5-9-20(17(16)2)24-21(27)15-25-10-12-26(13-11-25)22(28)14-18-7-3-4-8-19(18)23/h3-9H,10-15H2,1-2H3,(H,24,27). The van der Waals surface area contributed by atoms with Crippen LogP contribution in [0.2, 0.25) is 5.02 Å². The summed E-state index contributed by atoms with van der Waals surface area (Å²) in [7, 11) is 0. The lowest BCUT2D eigenvalue weighted by Crippen LogP contribution is -2.50. The third kappa shape index (κ3) is 5.12. The van der Waals surface area contributed by atoms with Gasteiger partial charge in [0.1, 0.15) is 0 Å². The Labute approximate surface area is 171 Å². The second-order valence-electron chi connectivity index (χ2n) is 7.22. The van der Waals surface area contributed by atoms with Gasteiger partial charge in [0.25, 0.3) is 0 Å². The predicted molar refractivity (Wildman–Crippen MR) is 113 cm³/mol. The van der Waals surface area contributed by atoms with Crippen LogP contribution < -0.4 is 5.32 Å². The van der Waals surface area contributed by atoms with Gasteiger partial charge in [0.15, 0.2) is 0 Å². The van der Waals surface area contributed by atoms with Crippen molar-refractivity contribution in [2.45, 2.75) is 20.3 Å². The van der Waals surface area contributed by atoms with E-state index in [1.807, 2.05) is 55.1 Å². The van der Waals surface area contributed by atoms with Gasteiger partial charge in [0, 0.05) is 36.9 Å². The average molecular weight is 400 g/mol. The molecule has 0 radical (unpaired) electrons. The lowest BCUT2D eigenvalue weighted by molar-refractivity contribution is -0.132. The number of anilines is 1. The molecule has 1 aliphatic rings. The van der Waals surface area contributed by atoms with Crippen LogP contribution in [0.3, 0.4) is 0 Å². The topological polar surface area (TPSA) is 52.7 Å². The van der Waals surface area contributed by atoms with Crippen molar-refractivity contribution in [1.82, 2.24) is 9.80 Å². The van der Waals surface area contributed by atoms with Crippen LogP contribution in [0.4, 0.5) is 5.69 Å². The zero-order valence-corrected chi connectivity index (χ0v) is 17.1. The highest BCUT2D eigenvalue weighted by atomic mass is 35.5. The molecule has 148 valence electrons. The molecule has 0 aromatic heterocycles. The van der Waals surface area contributed by atoms with Crippen molar-refractivity contribution in [3.8, 4) is 0 Å². The summed E-state index contributed by atoms with van der Waals surface area (Å²) in [5.41, 5.74) is 3.96. The fourth-order valence-corrected chi connectivity index (χ4v) is 3.55. The van der Waals surface area contributed by atoms with Gasteiger partial charge < -0.3 is 10.2 Å². The minimum atomic E-state index is -0.0236. The number of aryl methyl sites for hydroxylation is 1. The van der Waals surface area contributed by atoms with E-state index in [9.17, 15) is 9.59 Å². The minimum Gasteiger partial charge on any atom is -0.340 e. The van der Waals surface area contributed by atoms with Crippen LogP contribution in [0.5, 0.6) is 0 Å². The summed E-state index contributed by atoms with van der Waals surface area (Å²) in [4.78, 5) is 28.9. The van der Waals surface area contributed by atoms with E-state index in [-0.39, 0.29) is 11.8 Å². The highest BCUT2D eigenvalue weighted by Gasteiger charge is 2.23. The second-order valence-corrected chi connectivity index (χ2v) is 7.63. The molecule has 0 spiro atoms. The summed E-state index contributed by atoms with van der Waals surface area (Å²) in [5, 5.41) is 3.62. The molecular formula is C22H26ClN3O2. The molecule has 1 N–H and O–H groups in total. The number of amides is 2. The smallest absolute Gasteiger partial charge is 0.238 e. The molecule has 2 aromatic carbocycles. The van der Waals surface area contributed by atoms with E-state index in [0.29, 0.717) is 44.2 Å². The average Bonchev–Trinajstić information content (AvgIpc) is 2.68. The van der Waals surface area contributed by atoms with Crippen LogP contribution >= 0.6 is 11.6 Å². The fraction of sp³-hybridized carbons (Fsp3) is 0.364. The van der Waals surface area contributed by atoms with E-state index in [2.05, 4.69) is 10.2 Å². The van der Waals surface area contributed by atoms with Crippen molar-refractivity contribution in [2.24, 2.45) is 0 Å². The summed E-state index contributed by atoms with van der Waals surface area (Å²) in [6.07, 6.45) is 0.312. The molecule has 0 unspecified atom stereocenters. The molecule has 0 bridgehead atoms. The van der Waals surface area contributed by atoms with Crippen LogP contribution in [0, 0.1) is 13.8 Å². The molecule has 6 heteroatoms. The normalized spacial score (nSPS) is 14.8. The lowest BCUT2D eigenvalue weighted by Gasteiger charge is -2.34. The van der Waals surface area contributed by atoms with Gasteiger partial charge in [-0.3, -0.25) is 14.5 Å². The van der Waals surface area contributed by atoms with Gasteiger partial charge in [-0.15, -0.1) is 0 Å². The SMILES string of the molecule is Cc1cccc(NC(=O)CN2CCN(C(=O)Cc3ccccc3Cl)CC2)c1C. The summed E-state index contributed by atoms with van der Waals surface area (Å²) < 4.78 is 0. The molecule has 0 saturated carbocycles. The third-order valence-corrected chi connectivity index (χ3v) is 5.64. The maximum absolute atomic E-state index is 12.5. The Kier molecular flexibility index (Phi) is 6.70. The number of carbonyl (C=O) groups is 2. The Bertz CT molecular complexity index is 861. The van der Waals surface area contributed by atoms with E-state index in [4.69, 9.17) is 11.6 Å². The van der Waals surface area contributed by atoms with Gasteiger partial charge >= 0.3 is 0 Å². The Morgan fingerprint density at radius 3 is 2.43 bits per heavy atom. The number of rotatable bonds is 5. The largest absolute Gasteiger partial charge is 0.340 e. The van der Waals surface area contributed by atoms with Crippen molar-refractivity contribution in [1.29, 1.82) is 0 Å². The van der Waals surface area contributed by atoms with Gasteiger partial charge in [-0.25, -0.2) is 0 Å². The van der Waals surface area contributed by atoms with E-state index in [0.717, 1.165) is 22.4 Å². The third-order valence-electron chi connectivity index (χ3n) is 5.27. The molecule has 0 aliphatic carbocycles. The van der Waals surface area contributed by atoms with Crippen LogP contribution in [0.15, 0.2) is 42.5 Å². The van der Waals surface area contributed by atoms with Crippen LogP contribution in [0.25, 0.3) is 0 Å². The van der Waals surface area contributed by atoms with E-state index < -0.39 is 0 Å². The molecular weight excluding hydrogens is 374 g/mol. The second kappa shape index (κ2) is 9.22. The quantitative estimate of drug-likeness (QED) is 0.839. The van der Waals surface area contributed by atoms with Gasteiger partial charge in [-0.05, 0) is 42.7 Å². The monoisotopic (exact) mass is 399 g/mol. The van der Waals surface area contributed by atoms with E-state index in [1.165, 1.54) is 0 Å². The van der Waals surface area contributed by atoms with E-state index in [1.54, 1.807) is 6.07 Å². The highest BCUT2D eigenvalue weighted by molar-refractivity contribution is 6.31.